The standard InChI is InChI=1S/C19H17N5O/c1-25-18-16-17(22-19(23-18)21-15-10-6-3-7-11-15)24(13-20-16)12-14-8-4-2-5-9-14/h2-11,13H,12H2,1H3,(H,21,22,23). The molecule has 0 unspecified atom stereocenters. The Balaban J connectivity index is 1.74. The van der Waals surface area contributed by atoms with Gasteiger partial charge in [-0.2, -0.15) is 9.97 Å². The molecule has 0 radical (unpaired) electrons. The summed E-state index contributed by atoms with van der Waals surface area (Å²) in [5, 5.41) is 3.21. The Kier molecular flexibility index (Phi) is 4.00. The van der Waals surface area contributed by atoms with Crippen molar-refractivity contribution in [3.63, 3.8) is 0 Å². The van der Waals surface area contributed by atoms with Crippen LogP contribution in [0.2, 0.25) is 0 Å². The monoisotopic (exact) mass is 331 g/mol. The third-order valence-corrected chi connectivity index (χ3v) is 3.85. The molecule has 124 valence electrons. The van der Waals surface area contributed by atoms with Gasteiger partial charge >= 0.3 is 0 Å². The van der Waals surface area contributed by atoms with Gasteiger partial charge in [-0.15, -0.1) is 0 Å². The van der Waals surface area contributed by atoms with Gasteiger partial charge in [0.05, 0.1) is 20.0 Å². The minimum absolute atomic E-state index is 0.454. The van der Waals surface area contributed by atoms with E-state index in [2.05, 4.69) is 32.4 Å². The molecule has 0 aliphatic rings. The summed E-state index contributed by atoms with van der Waals surface area (Å²) in [7, 11) is 1.59. The third-order valence-electron chi connectivity index (χ3n) is 3.85. The van der Waals surface area contributed by atoms with Gasteiger partial charge in [0.15, 0.2) is 11.2 Å². The van der Waals surface area contributed by atoms with Crippen LogP contribution in [0.5, 0.6) is 5.88 Å². The Bertz CT molecular complexity index is 983. The molecule has 6 nitrogen and oxygen atoms in total. The Morgan fingerprint density at radius 1 is 0.960 bits per heavy atom. The van der Waals surface area contributed by atoms with Crippen LogP contribution in [-0.4, -0.2) is 26.6 Å². The molecular formula is C19H17N5O. The lowest BCUT2D eigenvalue weighted by Crippen LogP contribution is -2.04. The third kappa shape index (κ3) is 3.14. The molecule has 0 aliphatic carbocycles. The number of para-hydroxylation sites is 1. The number of fused-ring (bicyclic) bond motifs is 1. The fourth-order valence-electron chi connectivity index (χ4n) is 2.66. The van der Waals surface area contributed by atoms with Crippen LogP contribution >= 0.6 is 0 Å². The molecule has 0 saturated heterocycles. The van der Waals surface area contributed by atoms with E-state index in [1.54, 1.807) is 13.4 Å². The topological polar surface area (TPSA) is 64.9 Å². The fourth-order valence-corrected chi connectivity index (χ4v) is 2.66. The van der Waals surface area contributed by atoms with E-state index < -0.39 is 0 Å². The van der Waals surface area contributed by atoms with Crippen molar-refractivity contribution < 1.29 is 4.74 Å². The van der Waals surface area contributed by atoms with Gasteiger partial charge in [0.1, 0.15) is 0 Å². The van der Waals surface area contributed by atoms with Gasteiger partial charge in [0, 0.05) is 5.69 Å². The molecule has 2 aromatic carbocycles. The lowest BCUT2D eigenvalue weighted by molar-refractivity contribution is 0.402. The highest BCUT2D eigenvalue weighted by Gasteiger charge is 2.14. The molecule has 0 aliphatic heterocycles. The first-order valence-corrected chi connectivity index (χ1v) is 7.96. The Labute approximate surface area is 145 Å². The van der Waals surface area contributed by atoms with Crippen LogP contribution in [0.3, 0.4) is 0 Å². The van der Waals surface area contributed by atoms with Gasteiger partial charge in [-0.05, 0) is 17.7 Å². The molecule has 2 heterocycles. The zero-order valence-electron chi connectivity index (χ0n) is 13.8. The first kappa shape index (κ1) is 15.1. The highest BCUT2D eigenvalue weighted by molar-refractivity contribution is 5.78. The molecule has 1 N–H and O–H groups in total. The van der Waals surface area contributed by atoms with Crippen LogP contribution in [0.1, 0.15) is 5.56 Å². The van der Waals surface area contributed by atoms with Gasteiger partial charge in [0.2, 0.25) is 11.8 Å². The number of anilines is 2. The lowest BCUT2D eigenvalue weighted by atomic mass is 10.2. The Morgan fingerprint density at radius 3 is 2.40 bits per heavy atom. The maximum atomic E-state index is 5.40. The minimum Gasteiger partial charge on any atom is -0.479 e. The van der Waals surface area contributed by atoms with Crippen molar-refractivity contribution in [3.8, 4) is 5.88 Å². The van der Waals surface area contributed by atoms with Gasteiger partial charge in [-0.1, -0.05) is 48.5 Å². The number of rotatable bonds is 5. The fraction of sp³-hybridized carbons (Fsp3) is 0.105. The predicted molar refractivity (Wildman–Crippen MR) is 97.1 cm³/mol. The summed E-state index contributed by atoms with van der Waals surface area (Å²) in [5.41, 5.74) is 3.47. The zero-order valence-corrected chi connectivity index (χ0v) is 13.8. The minimum atomic E-state index is 0.454. The van der Waals surface area contributed by atoms with E-state index >= 15 is 0 Å². The molecule has 4 rings (SSSR count). The summed E-state index contributed by atoms with van der Waals surface area (Å²) in [4.78, 5) is 13.5. The molecule has 6 heteroatoms. The van der Waals surface area contributed by atoms with E-state index in [4.69, 9.17) is 4.74 Å². The van der Waals surface area contributed by atoms with E-state index in [-0.39, 0.29) is 0 Å². The summed E-state index contributed by atoms with van der Waals surface area (Å²) in [6.07, 6.45) is 1.77. The van der Waals surface area contributed by atoms with Gasteiger partial charge in [-0.25, -0.2) is 4.98 Å². The second-order valence-electron chi connectivity index (χ2n) is 5.58. The SMILES string of the molecule is COc1nc(Nc2ccccc2)nc2c1ncn2Cc1ccccc1. The number of nitrogens with one attached hydrogen (secondary N) is 1. The second kappa shape index (κ2) is 6.60. The Morgan fingerprint density at radius 2 is 1.68 bits per heavy atom. The first-order valence-electron chi connectivity index (χ1n) is 7.96. The van der Waals surface area contributed by atoms with Crippen molar-refractivity contribution in [2.24, 2.45) is 0 Å². The first-order chi connectivity index (χ1) is 12.3. The highest BCUT2D eigenvalue weighted by atomic mass is 16.5. The molecular weight excluding hydrogens is 314 g/mol. The number of ether oxygens (including phenoxy) is 1. The number of hydrogen-bond acceptors (Lipinski definition) is 5. The van der Waals surface area contributed by atoms with Gasteiger partial charge in [0.25, 0.3) is 0 Å². The summed E-state index contributed by atoms with van der Waals surface area (Å²) >= 11 is 0. The largest absolute Gasteiger partial charge is 0.479 e. The molecule has 25 heavy (non-hydrogen) atoms. The maximum absolute atomic E-state index is 5.40. The number of benzene rings is 2. The van der Waals surface area contributed by atoms with Gasteiger partial charge in [-0.3, -0.25) is 0 Å². The van der Waals surface area contributed by atoms with Crippen molar-refractivity contribution in [2.75, 3.05) is 12.4 Å². The highest BCUT2D eigenvalue weighted by Crippen LogP contribution is 2.24. The van der Waals surface area contributed by atoms with Crippen LogP contribution in [0.4, 0.5) is 11.6 Å². The van der Waals surface area contributed by atoms with Crippen molar-refractivity contribution >= 4 is 22.8 Å². The number of methoxy groups -OCH3 is 1. The summed E-state index contributed by atoms with van der Waals surface area (Å²) < 4.78 is 7.39. The van der Waals surface area contributed by atoms with Crippen molar-refractivity contribution in [1.82, 2.24) is 19.5 Å². The summed E-state index contributed by atoms with van der Waals surface area (Å²) in [6, 6.07) is 20.0. The van der Waals surface area contributed by atoms with Crippen molar-refractivity contribution in [1.29, 1.82) is 0 Å². The van der Waals surface area contributed by atoms with E-state index in [0.717, 1.165) is 11.3 Å². The normalized spacial score (nSPS) is 10.8. The number of imidazole rings is 1. The molecule has 2 aromatic heterocycles. The van der Waals surface area contributed by atoms with Crippen molar-refractivity contribution in [3.05, 3.63) is 72.6 Å². The number of hydrogen-bond donors (Lipinski definition) is 1. The van der Waals surface area contributed by atoms with Crippen LogP contribution in [0, 0.1) is 0 Å². The molecule has 0 atom stereocenters. The number of nitrogens with zero attached hydrogens (tertiary/aromatic N) is 4. The smallest absolute Gasteiger partial charge is 0.246 e. The average Bonchev–Trinajstić information content (AvgIpc) is 3.05. The van der Waals surface area contributed by atoms with Crippen molar-refractivity contribution in [2.45, 2.75) is 6.54 Å². The van der Waals surface area contributed by atoms with E-state index in [1.165, 1.54) is 5.56 Å². The lowest BCUT2D eigenvalue weighted by Gasteiger charge is -2.08. The average molecular weight is 331 g/mol. The molecule has 4 aromatic rings. The van der Waals surface area contributed by atoms with Crippen LogP contribution in [0.15, 0.2) is 67.0 Å². The second-order valence-corrected chi connectivity index (χ2v) is 5.58. The maximum Gasteiger partial charge on any atom is 0.246 e. The van der Waals surface area contributed by atoms with E-state index in [1.807, 2.05) is 53.1 Å². The number of aromatic nitrogens is 4. The molecule has 0 spiro atoms. The van der Waals surface area contributed by atoms with Crippen LogP contribution < -0.4 is 10.1 Å². The van der Waals surface area contributed by atoms with Crippen LogP contribution in [0.25, 0.3) is 11.2 Å². The molecule has 0 saturated carbocycles. The van der Waals surface area contributed by atoms with Crippen LogP contribution in [-0.2, 0) is 6.54 Å². The summed E-state index contributed by atoms with van der Waals surface area (Å²) in [6.45, 7) is 0.683. The van der Waals surface area contributed by atoms with E-state index in [9.17, 15) is 0 Å². The molecule has 0 bridgehead atoms. The molecule has 0 fully saturated rings. The quantitative estimate of drug-likeness (QED) is 0.605. The predicted octanol–water partition coefficient (Wildman–Crippen LogP) is 3.63. The van der Waals surface area contributed by atoms with E-state index in [0.29, 0.717) is 23.9 Å². The Hall–Kier alpha value is -3.41. The summed E-state index contributed by atoms with van der Waals surface area (Å²) in [5.74, 6) is 0.931. The molecule has 0 amide bonds. The van der Waals surface area contributed by atoms with Gasteiger partial charge < -0.3 is 14.6 Å². The zero-order chi connectivity index (χ0) is 17.1.